The molecule has 1 N–H and O–H groups in total. The Kier molecular flexibility index (Phi) is 6.14. The molecule has 18 heavy (non-hydrogen) atoms. The molecule has 0 saturated heterocycles. The second kappa shape index (κ2) is 7.38. The predicted molar refractivity (Wildman–Crippen MR) is 69.8 cm³/mol. The zero-order chi connectivity index (χ0) is 13.4. The van der Waals surface area contributed by atoms with Crippen LogP contribution in [0.5, 0.6) is 0 Å². The van der Waals surface area contributed by atoms with Crippen molar-refractivity contribution in [1.82, 2.24) is 5.32 Å². The summed E-state index contributed by atoms with van der Waals surface area (Å²) in [5, 5.41) is 12.2. The fraction of sp³-hybridized carbons (Fsp3) is 0.857. The third kappa shape index (κ3) is 3.99. The van der Waals surface area contributed by atoms with E-state index in [1.54, 1.807) is 0 Å². The van der Waals surface area contributed by atoms with Gasteiger partial charge < -0.3 is 10.1 Å². The first-order valence-electron chi connectivity index (χ1n) is 6.96. The van der Waals surface area contributed by atoms with Gasteiger partial charge in [0.05, 0.1) is 12.2 Å². The van der Waals surface area contributed by atoms with E-state index in [2.05, 4.69) is 11.4 Å². The molecule has 0 aliphatic heterocycles. The topological polar surface area (TPSA) is 62.1 Å². The van der Waals surface area contributed by atoms with E-state index in [0.717, 1.165) is 25.7 Å². The van der Waals surface area contributed by atoms with Gasteiger partial charge in [-0.05, 0) is 26.7 Å². The van der Waals surface area contributed by atoms with Crippen molar-refractivity contribution in [3.8, 4) is 6.07 Å². The Morgan fingerprint density at radius 2 is 2.00 bits per heavy atom. The van der Waals surface area contributed by atoms with Crippen LogP contribution in [-0.4, -0.2) is 25.2 Å². The van der Waals surface area contributed by atoms with E-state index >= 15 is 0 Å². The van der Waals surface area contributed by atoms with Crippen LogP contribution in [0.3, 0.4) is 0 Å². The first-order chi connectivity index (χ1) is 8.64. The third-order valence-corrected chi connectivity index (χ3v) is 3.61. The monoisotopic (exact) mass is 252 g/mol. The Bertz CT molecular complexity index is 301. The van der Waals surface area contributed by atoms with E-state index in [1.165, 1.54) is 0 Å². The molecule has 4 heteroatoms. The van der Waals surface area contributed by atoms with Crippen LogP contribution in [0.4, 0.5) is 0 Å². The quantitative estimate of drug-likeness (QED) is 0.764. The van der Waals surface area contributed by atoms with Crippen molar-refractivity contribution in [3.63, 3.8) is 0 Å². The maximum atomic E-state index is 12.2. The van der Waals surface area contributed by atoms with Crippen molar-refractivity contribution in [1.29, 1.82) is 5.26 Å². The Hall–Kier alpha value is -1.08. The maximum Gasteiger partial charge on any atom is 0.240 e. The summed E-state index contributed by atoms with van der Waals surface area (Å²) < 4.78 is 5.37. The van der Waals surface area contributed by atoms with E-state index in [-0.39, 0.29) is 12.0 Å². The summed E-state index contributed by atoms with van der Waals surface area (Å²) >= 11 is 0. The molecule has 4 nitrogen and oxygen atoms in total. The van der Waals surface area contributed by atoms with Crippen molar-refractivity contribution < 1.29 is 9.53 Å². The smallest absolute Gasteiger partial charge is 0.240 e. The summed E-state index contributed by atoms with van der Waals surface area (Å²) in [5.74, 6) is -0.113. The molecular weight excluding hydrogens is 228 g/mol. The number of ether oxygens (including phenoxy) is 1. The zero-order valence-corrected chi connectivity index (χ0v) is 11.5. The summed E-state index contributed by atoms with van der Waals surface area (Å²) in [4.78, 5) is 12.2. The molecule has 1 atom stereocenters. The number of amides is 1. The van der Waals surface area contributed by atoms with Gasteiger partial charge in [-0.25, -0.2) is 0 Å². The Balaban J connectivity index is 2.53. The molecule has 1 rings (SSSR count). The highest BCUT2D eigenvalue weighted by Gasteiger charge is 2.38. The molecule has 0 radical (unpaired) electrons. The SMILES string of the molecule is CCOC(C)CNC(=O)C1(C#N)CCCCCC1. The highest BCUT2D eigenvalue weighted by molar-refractivity contribution is 5.85. The first-order valence-corrected chi connectivity index (χ1v) is 6.96. The van der Waals surface area contributed by atoms with Crippen LogP contribution in [0.2, 0.25) is 0 Å². The summed E-state index contributed by atoms with van der Waals surface area (Å²) in [6.07, 6.45) is 5.60. The van der Waals surface area contributed by atoms with Crippen LogP contribution in [0, 0.1) is 16.7 Å². The lowest BCUT2D eigenvalue weighted by molar-refractivity contribution is -0.129. The molecule has 102 valence electrons. The van der Waals surface area contributed by atoms with Crippen LogP contribution in [-0.2, 0) is 9.53 Å². The molecule has 0 bridgehead atoms. The standard InChI is InChI=1S/C14H24N2O2/c1-3-18-12(2)10-16-13(17)14(11-15)8-6-4-5-7-9-14/h12H,3-10H2,1-2H3,(H,16,17). The predicted octanol–water partition coefficient (Wildman–Crippen LogP) is 2.39. The van der Waals surface area contributed by atoms with Crippen molar-refractivity contribution in [2.24, 2.45) is 5.41 Å². The molecule has 1 aliphatic carbocycles. The minimum Gasteiger partial charge on any atom is -0.377 e. The second-order valence-electron chi connectivity index (χ2n) is 5.08. The summed E-state index contributed by atoms with van der Waals surface area (Å²) in [6.45, 7) is 4.98. The number of rotatable bonds is 5. The molecule has 0 heterocycles. The Morgan fingerprint density at radius 1 is 1.39 bits per heavy atom. The molecule has 1 unspecified atom stereocenters. The van der Waals surface area contributed by atoms with E-state index in [1.807, 2.05) is 13.8 Å². The van der Waals surface area contributed by atoms with Crippen LogP contribution >= 0.6 is 0 Å². The fourth-order valence-electron chi connectivity index (χ4n) is 2.47. The molecule has 0 aromatic heterocycles. The van der Waals surface area contributed by atoms with E-state index < -0.39 is 5.41 Å². The van der Waals surface area contributed by atoms with Crippen LogP contribution < -0.4 is 5.32 Å². The summed E-state index contributed by atoms with van der Waals surface area (Å²) in [5.41, 5.74) is -0.803. The van der Waals surface area contributed by atoms with Gasteiger partial charge in [0.15, 0.2) is 0 Å². The Morgan fingerprint density at radius 3 is 2.50 bits per heavy atom. The number of hydrogen-bond donors (Lipinski definition) is 1. The molecule has 0 aromatic rings. The van der Waals surface area contributed by atoms with Gasteiger partial charge in [0.1, 0.15) is 5.41 Å². The van der Waals surface area contributed by atoms with Crippen molar-refractivity contribution in [2.45, 2.75) is 58.5 Å². The van der Waals surface area contributed by atoms with Gasteiger partial charge in [-0.15, -0.1) is 0 Å². The largest absolute Gasteiger partial charge is 0.377 e. The van der Waals surface area contributed by atoms with E-state index in [4.69, 9.17) is 4.74 Å². The average molecular weight is 252 g/mol. The molecule has 1 fully saturated rings. The molecule has 1 amide bonds. The van der Waals surface area contributed by atoms with Crippen LogP contribution in [0.15, 0.2) is 0 Å². The Labute approximate surface area is 110 Å². The third-order valence-electron chi connectivity index (χ3n) is 3.61. The first kappa shape index (κ1) is 15.0. The lowest BCUT2D eigenvalue weighted by atomic mass is 9.81. The molecule has 1 aliphatic rings. The fourth-order valence-corrected chi connectivity index (χ4v) is 2.47. The van der Waals surface area contributed by atoms with Gasteiger partial charge in [0, 0.05) is 13.2 Å². The number of carbonyl (C=O) groups is 1. The molecular formula is C14H24N2O2. The highest BCUT2D eigenvalue weighted by atomic mass is 16.5. The van der Waals surface area contributed by atoms with Crippen molar-refractivity contribution in [3.05, 3.63) is 0 Å². The van der Waals surface area contributed by atoms with Gasteiger partial charge in [-0.2, -0.15) is 5.26 Å². The van der Waals surface area contributed by atoms with Gasteiger partial charge in [0.25, 0.3) is 0 Å². The number of carbonyl (C=O) groups excluding carboxylic acids is 1. The van der Waals surface area contributed by atoms with Gasteiger partial charge in [0.2, 0.25) is 5.91 Å². The summed E-state index contributed by atoms with van der Waals surface area (Å²) in [7, 11) is 0. The lowest BCUT2D eigenvalue weighted by Gasteiger charge is -2.24. The van der Waals surface area contributed by atoms with Gasteiger partial charge in [-0.1, -0.05) is 25.7 Å². The summed E-state index contributed by atoms with van der Waals surface area (Å²) in [6, 6.07) is 2.26. The molecule has 0 aromatic carbocycles. The number of nitrogens with one attached hydrogen (secondary N) is 1. The van der Waals surface area contributed by atoms with Gasteiger partial charge >= 0.3 is 0 Å². The lowest BCUT2D eigenvalue weighted by Crippen LogP contribution is -2.42. The van der Waals surface area contributed by atoms with E-state index in [9.17, 15) is 10.1 Å². The average Bonchev–Trinajstić information content (AvgIpc) is 2.62. The van der Waals surface area contributed by atoms with Crippen molar-refractivity contribution in [2.75, 3.05) is 13.2 Å². The number of nitriles is 1. The highest BCUT2D eigenvalue weighted by Crippen LogP contribution is 2.34. The van der Waals surface area contributed by atoms with Crippen LogP contribution in [0.1, 0.15) is 52.4 Å². The van der Waals surface area contributed by atoms with E-state index in [0.29, 0.717) is 26.0 Å². The van der Waals surface area contributed by atoms with Gasteiger partial charge in [-0.3, -0.25) is 4.79 Å². The maximum absolute atomic E-state index is 12.2. The normalized spacial score (nSPS) is 20.5. The van der Waals surface area contributed by atoms with Crippen molar-refractivity contribution >= 4 is 5.91 Å². The van der Waals surface area contributed by atoms with Crippen LogP contribution in [0.25, 0.3) is 0 Å². The minimum absolute atomic E-state index is 0.000436. The minimum atomic E-state index is -0.803. The zero-order valence-electron chi connectivity index (χ0n) is 11.5. The molecule has 0 spiro atoms. The number of hydrogen-bond acceptors (Lipinski definition) is 3. The number of nitrogens with zero attached hydrogens (tertiary/aromatic N) is 1. The second-order valence-corrected chi connectivity index (χ2v) is 5.08. The molecule has 1 saturated carbocycles.